The highest BCUT2D eigenvalue weighted by atomic mass is 35.5. The van der Waals surface area contributed by atoms with E-state index in [0.29, 0.717) is 5.02 Å². The number of nitrogens with one attached hydrogen (secondary N) is 1. The van der Waals surface area contributed by atoms with Crippen molar-refractivity contribution < 1.29 is 27.6 Å². The number of aromatic nitrogens is 2. The fourth-order valence-electron chi connectivity index (χ4n) is 2.59. The van der Waals surface area contributed by atoms with Crippen molar-refractivity contribution in [3.63, 3.8) is 0 Å². The van der Waals surface area contributed by atoms with Crippen molar-refractivity contribution in [2.24, 2.45) is 0 Å². The lowest BCUT2D eigenvalue weighted by molar-refractivity contribution is -0.384. The lowest BCUT2D eigenvalue weighted by Gasteiger charge is -2.11. The molecule has 1 heterocycles. The van der Waals surface area contributed by atoms with Gasteiger partial charge in [0.2, 0.25) is 5.91 Å². The first-order valence-corrected chi connectivity index (χ1v) is 9.10. The molecule has 0 atom stereocenters. The van der Waals surface area contributed by atoms with E-state index < -0.39 is 28.3 Å². The van der Waals surface area contributed by atoms with E-state index >= 15 is 0 Å². The minimum atomic E-state index is -4.57. The van der Waals surface area contributed by atoms with E-state index in [1.165, 1.54) is 29.2 Å². The van der Waals surface area contributed by atoms with Crippen molar-refractivity contribution in [1.82, 2.24) is 9.78 Å². The number of nitrogens with zero attached hydrogens (tertiary/aromatic N) is 3. The molecule has 0 unspecified atom stereocenters. The fraction of sp³-hybridized carbons (Fsp3) is 0.158. The van der Waals surface area contributed by atoms with Crippen LogP contribution in [0.1, 0.15) is 12.0 Å². The number of ether oxygens (including phenoxy) is 1. The maximum atomic E-state index is 12.9. The highest BCUT2D eigenvalue weighted by molar-refractivity contribution is 6.30. The molecule has 0 aliphatic rings. The molecule has 0 fully saturated rings. The zero-order chi connectivity index (χ0) is 22.6. The van der Waals surface area contributed by atoms with E-state index in [4.69, 9.17) is 16.3 Å². The molecule has 31 heavy (non-hydrogen) atoms. The molecule has 1 aromatic heterocycles. The van der Waals surface area contributed by atoms with Gasteiger partial charge in [-0.15, -0.1) is 0 Å². The first-order valence-electron chi connectivity index (χ1n) is 8.72. The summed E-state index contributed by atoms with van der Waals surface area (Å²) in [7, 11) is 0. The van der Waals surface area contributed by atoms with E-state index in [1.807, 2.05) is 0 Å². The molecule has 3 rings (SSSR count). The normalized spacial score (nSPS) is 11.2. The molecular formula is C19H14ClF3N4O4. The van der Waals surface area contributed by atoms with Crippen LogP contribution < -0.4 is 10.1 Å². The molecule has 2 aromatic carbocycles. The van der Waals surface area contributed by atoms with Crippen LogP contribution in [0.3, 0.4) is 0 Å². The molecule has 0 saturated carbocycles. The molecule has 0 radical (unpaired) electrons. The van der Waals surface area contributed by atoms with Crippen molar-refractivity contribution >= 4 is 28.9 Å². The number of amides is 1. The Morgan fingerprint density at radius 1 is 1.23 bits per heavy atom. The Kier molecular flexibility index (Phi) is 6.44. The van der Waals surface area contributed by atoms with Crippen LogP contribution >= 0.6 is 11.6 Å². The van der Waals surface area contributed by atoms with Crippen LogP contribution in [0.15, 0.2) is 54.9 Å². The molecule has 8 nitrogen and oxygen atoms in total. The van der Waals surface area contributed by atoms with E-state index in [1.54, 1.807) is 0 Å². The molecule has 0 saturated heterocycles. The SMILES string of the molecule is O=C(CCn1cc(Cl)cn1)Nc1cc(Oc2cccc(C(F)(F)F)c2)cc([N+](=O)[O-])c1. The molecule has 1 amide bonds. The largest absolute Gasteiger partial charge is 0.457 e. The second-order valence-electron chi connectivity index (χ2n) is 6.32. The summed E-state index contributed by atoms with van der Waals surface area (Å²) in [5.41, 5.74) is -1.28. The Bertz CT molecular complexity index is 1120. The van der Waals surface area contributed by atoms with E-state index in [9.17, 15) is 28.1 Å². The standard InChI is InChI=1S/C19H14ClF3N4O4/c20-13-10-24-26(11-13)5-4-18(28)25-14-7-15(27(29)30)9-17(8-14)31-16-3-1-2-12(6-16)19(21,22)23/h1-3,6-11H,4-5H2,(H,25,28). The number of rotatable bonds is 7. The monoisotopic (exact) mass is 454 g/mol. The number of carbonyl (C=O) groups excluding carboxylic acids is 1. The summed E-state index contributed by atoms with van der Waals surface area (Å²) in [5, 5.41) is 18.1. The van der Waals surface area contributed by atoms with Gasteiger partial charge in [-0.3, -0.25) is 19.6 Å². The van der Waals surface area contributed by atoms with Gasteiger partial charge in [-0.05, 0) is 18.2 Å². The number of nitro benzene ring substituents is 1. The zero-order valence-corrected chi connectivity index (χ0v) is 16.4. The third-order valence-corrected chi connectivity index (χ3v) is 4.15. The highest BCUT2D eigenvalue weighted by Crippen LogP contribution is 2.34. The van der Waals surface area contributed by atoms with Gasteiger partial charge in [0, 0.05) is 31.3 Å². The summed E-state index contributed by atoms with van der Waals surface area (Å²) >= 11 is 5.75. The Hall–Kier alpha value is -3.60. The highest BCUT2D eigenvalue weighted by Gasteiger charge is 2.30. The Morgan fingerprint density at radius 2 is 2.00 bits per heavy atom. The molecule has 0 spiro atoms. The number of aryl methyl sites for hydroxylation is 1. The van der Waals surface area contributed by atoms with E-state index in [-0.39, 0.29) is 30.2 Å². The van der Waals surface area contributed by atoms with Gasteiger partial charge in [0.05, 0.1) is 33.5 Å². The van der Waals surface area contributed by atoms with Gasteiger partial charge in [0.25, 0.3) is 5.69 Å². The van der Waals surface area contributed by atoms with Crippen LogP contribution in [0.2, 0.25) is 5.02 Å². The molecule has 3 aromatic rings. The summed E-state index contributed by atoms with van der Waals surface area (Å²) in [5.74, 6) is -0.733. The van der Waals surface area contributed by atoms with Gasteiger partial charge in [-0.1, -0.05) is 17.7 Å². The van der Waals surface area contributed by atoms with Crippen molar-refractivity contribution in [3.8, 4) is 11.5 Å². The molecule has 1 N–H and O–H groups in total. The molecular weight excluding hydrogens is 441 g/mol. The van der Waals surface area contributed by atoms with Crippen LogP contribution in [0.5, 0.6) is 11.5 Å². The van der Waals surface area contributed by atoms with Gasteiger partial charge in [0.1, 0.15) is 11.5 Å². The summed E-state index contributed by atoms with van der Waals surface area (Å²) < 4.78 is 45.5. The maximum Gasteiger partial charge on any atom is 0.416 e. The van der Waals surface area contributed by atoms with Crippen molar-refractivity contribution in [2.75, 3.05) is 5.32 Å². The topological polar surface area (TPSA) is 99.3 Å². The molecule has 0 aliphatic heterocycles. The molecule has 0 bridgehead atoms. The number of halogens is 4. The molecule has 162 valence electrons. The lowest BCUT2D eigenvalue weighted by Crippen LogP contribution is -2.14. The van der Waals surface area contributed by atoms with E-state index in [2.05, 4.69) is 10.4 Å². The number of carbonyl (C=O) groups is 1. The maximum absolute atomic E-state index is 12.9. The Balaban J connectivity index is 1.76. The van der Waals surface area contributed by atoms with Crippen LogP contribution in [0, 0.1) is 10.1 Å². The van der Waals surface area contributed by atoms with Gasteiger partial charge in [0.15, 0.2) is 0 Å². The molecule has 12 heteroatoms. The number of benzene rings is 2. The average molecular weight is 455 g/mol. The summed E-state index contributed by atoms with van der Waals surface area (Å²) in [6.07, 6.45) is -1.62. The van der Waals surface area contributed by atoms with Crippen molar-refractivity contribution in [3.05, 3.63) is 75.6 Å². The number of anilines is 1. The number of hydrogen-bond donors (Lipinski definition) is 1. The zero-order valence-electron chi connectivity index (χ0n) is 15.6. The number of nitro groups is 1. The Labute approximate surface area is 178 Å². The van der Waals surface area contributed by atoms with Crippen molar-refractivity contribution in [1.29, 1.82) is 0 Å². The number of hydrogen-bond acceptors (Lipinski definition) is 5. The number of alkyl halides is 3. The van der Waals surface area contributed by atoms with Crippen LogP contribution in [-0.2, 0) is 17.5 Å². The van der Waals surface area contributed by atoms with Crippen molar-refractivity contribution in [2.45, 2.75) is 19.1 Å². The fourth-order valence-corrected chi connectivity index (χ4v) is 2.75. The second kappa shape index (κ2) is 9.04. The minimum Gasteiger partial charge on any atom is -0.457 e. The van der Waals surface area contributed by atoms with Gasteiger partial charge in [-0.25, -0.2) is 0 Å². The Morgan fingerprint density at radius 3 is 2.65 bits per heavy atom. The summed E-state index contributed by atoms with van der Waals surface area (Å²) in [6, 6.07) is 7.51. The van der Waals surface area contributed by atoms with Gasteiger partial charge >= 0.3 is 6.18 Å². The predicted molar refractivity (Wildman–Crippen MR) is 105 cm³/mol. The summed E-state index contributed by atoms with van der Waals surface area (Å²) in [4.78, 5) is 22.7. The first-order chi connectivity index (χ1) is 14.6. The third kappa shape index (κ3) is 6.19. The van der Waals surface area contributed by atoms with Gasteiger partial charge < -0.3 is 10.1 Å². The van der Waals surface area contributed by atoms with Crippen LogP contribution in [0.4, 0.5) is 24.5 Å². The quantitative estimate of drug-likeness (QED) is 0.386. The molecule has 0 aliphatic carbocycles. The minimum absolute atomic E-state index is 0.00448. The van der Waals surface area contributed by atoms with Gasteiger partial charge in [-0.2, -0.15) is 18.3 Å². The number of non-ortho nitro benzene ring substituents is 1. The first kappa shape index (κ1) is 22.1. The third-order valence-electron chi connectivity index (χ3n) is 3.95. The van der Waals surface area contributed by atoms with Crippen LogP contribution in [-0.4, -0.2) is 20.6 Å². The smallest absolute Gasteiger partial charge is 0.416 e. The summed E-state index contributed by atoms with van der Waals surface area (Å²) in [6.45, 7) is 0.223. The predicted octanol–water partition coefficient (Wildman–Crippen LogP) is 5.28. The lowest BCUT2D eigenvalue weighted by atomic mass is 10.2. The van der Waals surface area contributed by atoms with E-state index in [0.717, 1.165) is 30.3 Å². The second-order valence-corrected chi connectivity index (χ2v) is 6.76. The van der Waals surface area contributed by atoms with Crippen LogP contribution in [0.25, 0.3) is 0 Å². The average Bonchev–Trinajstić information content (AvgIpc) is 3.11.